The summed E-state index contributed by atoms with van der Waals surface area (Å²) < 4.78 is 20.1. The number of allylic oxidation sites excluding steroid dienone is 2. The Kier molecular flexibility index (Phi) is 11.1. The van der Waals surface area contributed by atoms with Gasteiger partial charge in [-0.25, -0.2) is 4.39 Å². The number of rotatable bonds is 13. The van der Waals surface area contributed by atoms with Gasteiger partial charge in [-0.1, -0.05) is 38.3 Å². The van der Waals surface area contributed by atoms with Gasteiger partial charge in [-0.3, -0.25) is 4.79 Å². The van der Waals surface area contributed by atoms with Gasteiger partial charge in [0.15, 0.2) is 0 Å². The number of methoxy groups -OCH3 is 1. The summed E-state index contributed by atoms with van der Waals surface area (Å²) in [6.45, 7) is 2.09. The molecule has 158 valence electrons. The van der Waals surface area contributed by atoms with E-state index in [0.717, 1.165) is 19.3 Å². The van der Waals surface area contributed by atoms with Crippen molar-refractivity contribution in [1.29, 1.82) is 0 Å². The van der Waals surface area contributed by atoms with Gasteiger partial charge in [-0.15, -0.1) is 0 Å². The molecule has 5 nitrogen and oxygen atoms in total. The molecule has 0 bridgehead atoms. The molecule has 1 saturated carbocycles. The van der Waals surface area contributed by atoms with Crippen molar-refractivity contribution in [2.45, 2.75) is 102 Å². The molecule has 6 heteroatoms. The van der Waals surface area contributed by atoms with E-state index in [1.54, 1.807) is 0 Å². The highest BCUT2D eigenvalue weighted by Gasteiger charge is 2.54. The largest absolute Gasteiger partial charge is 0.469 e. The number of unbranched alkanes of at least 4 members (excludes halogenated alkanes) is 3. The number of halogens is 1. The number of aliphatic hydroxyl groups excluding tert-OH is 3. The lowest BCUT2D eigenvalue weighted by molar-refractivity contribution is -0.140. The Labute approximate surface area is 162 Å². The average molecular weight is 389 g/mol. The van der Waals surface area contributed by atoms with Crippen molar-refractivity contribution < 1.29 is 29.2 Å². The second kappa shape index (κ2) is 12.5. The van der Waals surface area contributed by atoms with Gasteiger partial charge >= 0.3 is 5.97 Å². The first kappa shape index (κ1) is 24.1. The van der Waals surface area contributed by atoms with E-state index in [9.17, 15) is 20.1 Å². The fraction of sp³-hybridized carbons (Fsp3) is 0.857. The monoisotopic (exact) mass is 388 g/mol. The first-order valence-corrected chi connectivity index (χ1v) is 10.3. The SMILES string of the molecule is CCCCC[C@H](O)CC[C@@]1(F)[C@H](O)C[C@H](O)[C@@H]1C/C=C\CCCC(=O)OC. The van der Waals surface area contributed by atoms with Crippen LogP contribution in [0.2, 0.25) is 0 Å². The summed E-state index contributed by atoms with van der Waals surface area (Å²) in [7, 11) is 1.35. The third-order valence-corrected chi connectivity index (χ3v) is 5.64. The maximum Gasteiger partial charge on any atom is 0.305 e. The highest BCUT2D eigenvalue weighted by molar-refractivity contribution is 5.69. The van der Waals surface area contributed by atoms with E-state index in [0.29, 0.717) is 38.5 Å². The fourth-order valence-corrected chi connectivity index (χ4v) is 3.85. The molecule has 0 saturated heterocycles. The third kappa shape index (κ3) is 7.88. The van der Waals surface area contributed by atoms with E-state index < -0.39 is 29.9 Å². The minimum Gasteiger partial charge on any atom is -0.469 e. The summed E-state index contributed by atoms with van der Waals surface area (Å²) in [5.74, 6) is -0.926. The molecule has 3 N–H and O–H groups in total. The molecule has 0 aromatic heterocycles. The lowest BCUT2D eigenvalue weighted by Crippen LogP contribution is -2.40. The van der Waals surface area contributed by atoms with E-state index in [2.05, 4.69) is 11.7 Å². The van der Waals surface area contributed by atoms with Gasteiger partial charge in [0, 0.05) is 18.8 Å². The summed E-state index contributed by atoms with van der Waals surface area (Å²) in [6.07, 6.45) is 7.10. The van der Waals surface area contributed by atoms with Crippen molar-refractivity contribution in [2.75, 3.05) is 7.11 Å². The van der Waals surface area contributed by atoms with Gasteiger partial charge in [-0.05, 0) is 38.5 Å². The number of alkyl halides is 1. The Hall–Kier alpha value is -0.980. The number of carbonyl (C=O) groups excluding carboxylic acids is 1. The minimum absolute atomic E-state index is 0.0310. The Morgan fingerprint density at radius 3 is 2.67 bits per heavy atom. The molecule has 0 aromatic carbocycles. The number of hydrogen-bond donors (Lipinski definition) is 3. The third-order valence-electron chi connectivity index (χ3n) is 5.64. The zero-order valence-electron chi connectivity index (χ0n) is 16.8. The summed E-state index contributed by atoms with van der Waals surface area (Å²) in [4.78, 5) is 11.1. The van der Waals surface area contributed by atoms with E-state index in [-0.39, 0.29) is 18.8 Å². The number of aliphatic hydroxyl groups is 3. The normalized spacial score (nSPS) is 29.3. The highest BCUT2D eigenvalue weighted by Crippen LogP contribution is 2.45. The molecule has 1 rings (SSSR count). The Morgan fingerprint density at radius 2 is 2.00 bits per heavy atom. The Balaban J connectivity index is 2.48. The molecule has 0 amide bonds. The molecule has 0 unspecified atom stereocenters. The van der Waals surface area contributed by atoms with Crippen LogP contribution in [-0.4, -0.2) is 52.4 Å². The maximum atomic E-state index is 15.5. The zero-order chi connectivity index (χ0) is 20.3. The number of hydrogen-bond acceptors (Lipinski definition) is 5. The molecular formula is C21H37FO5. The lowest BCUT2D eigenvalue weighted by Gasteiger charge is -2.31. The Morgan fingerprint density at radius 1 is 1.26 bits per heavy atom. The van der Waals surface area contributed by atoms with Crippen LogP contribution in [0.15, 0.2) is 12.2 Å². The van der Waals surface area contributed by atoms with E-state index in [4.69, 9.17) is 0 Å². The number of carbonyl (C=O) groups is 1. The second-order valence-corrected chi connectivity index (χ2v) is 7.72. The molecular weight excluding hydrogens is 351 g/mol. The van der Waals surface area contributed by atoms with Gasteiger partial charge in [0.1, 0.15) is 5.67 Å². The molecule has 0 spiro atoms. The van der Waals surface area contributed by atoms with Crippen LogP contribution >= 0.6 is 0 Å². The van der Waals surface area contributed by atoms with Crippen molar-refractivity contribution in [3.8, 4) is 0 Å². The van der Waals surface area contributed by atoms with Crippen molar-refractivity contribution in [2.24, 2.45) is 5.92 Å². The van der Waals surface area contributed by atoms with E-state index >= 15 is 4.39 Å². The number of ether oxygens (including phenoxy) is 1. The first-order chi connectivity index (χ1) is 12.8. The molecule has 5 atom stereocenters. The van der Waals surface area contributed by atoms with Crippen LogP contribution in [0.5, 0.6) is 0 Å². The van der Waals surface area contributed by atoms with Crippen molar-refractivity contribution >= 4 is 5.97 Å². The Bertz CT molecular complexity index is 456. The van der Waals surface area contributed by atoms with Crippen molar-refractivity contribution in [3.05, 3.63) is 12.2 Å². The van der Waals surface area contributed by atoms with Crippen molar-refractivity contribution in [3.63, 3.8) is 0 Å². The molecule has 1 aliphatic rings. The molecule has 1 fully saturated rings. The maximum absolute atomic E-state index is 15.5. The minimum atomic E-state index is -1.87. The first-order valence-electron chi connectivity index (χ1n) is 10.3. The van der Waals surface area contributed by atoms with Crippen LogP contribution in [0.4, 0.5) is 4.39 Å². The lowest BCUT2D eigenvalue weighted by atomic mass is 9.82. The molecule has 0 aliphatic heterocycles. The van der Waals surface area contributed by atoms with Crippen LogP contribution < -0.4 is 0 Å². The molecule has 0 aromatic rings. The smallest absolute Gasteiger partial charge is 0.305 e. The van der Waals surface area contributed by atoms with Crippen LogP contribution in [0, 0.1) is 5.92 Å². The van der Waals surface area contributed by atoms with Crippen molar-refractivity contribution in [1.82, 2.24) is 0 Å². The standard InChI is InChI=1S/C21H37FO5/c1-3-4-7-10-16(23)13-14-21(22)17(18(24)15-19(21)25)11-8-5-6-9-12-20(26)27-2/h5,8,16-19,23-25H,3-4,6-7,9-15H2,1-2H3/b8-5-/t16-,17-,18-,19+,21-/m0/s1. The predicted octanol–water partition coefficient (Wildman–Crippen LogP) is 3.45. The summed E-state index contributed by atoms with van der Waals surface area (Å²) >= 11 is 0. The molecule has 1 aliphatic carbocycles. The van der Waals surface area contributed by atoms with Crippen LogP contribution in [-0.2, 0) is 9.53 Å². The summed E-state index contributed by atoms with van der Waals surface area (Å²) in [6, 6.07) is 0. The van der Waals surface area contributed by atoms with E-state index in [1.807, 2.05) is 12.2 Å². The fourth-order valence-electron chi connectivity index (χ4n) is 3.85. The molecule has 27 heavy (non-hydrogen) atoms. The quantitative estimate of drug-likeness (QED) is 0.256. The van der Waals surface area contributed by atoms with Gasteiger partial charge in [-0.2, -0.15) is 0 Å². The van der Waals surface area contributed by atoms with Crippen LogP contribution in [0.25, 0.3) is 0 Å². The molecule has 0 heterocycles. The van der Waals surface area contributed by atoms with E-state index in [1.165, 1.54) is 7.11 Å². The summed E-state index contributed by atoms with van der Waals surface area (Å²) in [5, 5.41) is 30.4. The van der Waals surface area contributed by atoms with Gasteiger partial charge in [0.05, 0.1) is 25.4 Å². The predicted molar refractivity (Wildman–Crippen MR) is 103 cm³/mol. The van der Waals surface area contributed by atoms with Crippen LogP contribution in [0.1, 0.15) is 77.6 Å². The topological polar surface area (TPSA) is 87.0 Å². The summed E-state index contributed by atoms with van der Waals surface area (Å²) in [5.41, 5.74) is -1.87. The van der Waals surface area contributed by atoms with Crippen LogP contribution in [0.3, 0.4) is 0 Å². The highest BCUT2D eigenvalue weighted by atomic mass is 19.1. The number of esters is 1. The zero-order valence-corrected chi connectivity index (χ0v) is 16.8. The van der Waals surface area contributed by atoms with Gasteiger partial charge in [0.2, 0.25) is 0 Å². The molecule has 0 radical (unpaired) electrons. The van der Waals surface area contributed by atoms with Gasteiger partial charge < -0.3 is 20.1 Å². The average Bonchev–Trinajstić information content (AvgIpc) is 2.85. The van der Waals surface area contributed by atoms with Gasteiger partial charge in [0.25, 0.3) is 0 Å². The second-order valence-electron chi connectivity index (χ2n) is 7.72.